The third kappa shape index (κ3) is 8.26. The molecule has 8 heteroatoms. The van der Waals surface area contributed by atoms with E-state index >= 15 is 0 Å². The molecule has 134 valence electrons. The average Bonchev–Trinajstić information content (AvgIpc) is 2.42. The number of nitrogens with zero attached hydrogens (tertiary/aromatic N) is 1. The Morgan fingerprint density at radius 1 is 1.25 bits per heavy atom. The molecular formula is C16H25BrN4O3. The van der Waals surface area contributed by atoms with Gasteiger partial charge in [-0.25, -0.2) is 9.78 Å². The Kier molecular flexibility index (Phi) is 7.16. The number of hydrogen-bond acceptors (Lipinski definition) is 5. The highest BCUT2D eigenvalue weighted by atomic mass is 79.9. The van der Waals surface area contributed by atoms with Crippen molar-refractivity contribution in [1.29, 1.82) is 0 Å². The lowest BCUT2D eigenvalue weighted by molar-refractivity contribution is -0.119. The van der Waals surface area contributed by atoms with E-state index in [4.69, 9.17) is 4.74 Å². The fraction of sp³-hybridized carbons (Fsp3) is 0.562. The molecule has 7 nitrogen and oxygen atoms in total. The SMILES string of the molecule is CC(C)(C)NC(=O)NC(=O)CNC(C)(C)COc1ncccc1Br. The number of urea groups is 1. The van der Waals surface area contributed by atoms with Crippen molar-refractivity contribution in [2.24, 2.45) is 0 Å². The molecule has 0 saturated heterocycles. The second-order valence-electron chi connectivity index (χ2n) is 7.07. The van der Waals surface area contributed by atoms with E-state index in [0.717, 1.165) is 4.47 Å². The molecule has 0 radical (unpaired) electrons. The van der Waals surface area contributed by atoms with Gasteiger partial charge in [-0.2, -0.15) is 0 Å². The Labute approximate surface area is 151 Å². The van der Waals surface area contributed by atoms with Gasteiger partial charge in [-0.3, -0.25) is 10.1 Å². The Morgan fingerprint density at radius 3 is 2.50 bits per heavy atom. The van der Waals surface area contributed by atoms with Gasteiger partial charge >= 0.3 is 6.03 Å². The van der Waals surface area contributed by atoms with Crippen LogP contribution in [0.25, 0.3) is 0 Å². The van der Waals surface area contributed by atoms with E-state index in [-0.39, 0.29) is 6.54 Å². The Bertz CT molecular complexity index is 585. The van der Waals surface area contributed by atoms with Gasteiger partial charge in [0.2, 0.25) is 11.8 Å². The van der Waals surface area contributed by atoms with E-state index in [1.807, 2.05) is 40.7 Å². The van der Waals surface area contributed by atoms with Crippen molar-refractivity contribution in [3.63, 3.8) is 0 Å². The number of pyridine rings is 1. The number of carbonyl (C=O) groups is 2. The van der Waals surface area contributed by atoms with Crippen LogP contribution in [0.4, 0.5) is 4.79 Å². The fourth-order valence-electron chi connectivity index (χ4n) is 1.64. The third-order valence-corrected chi connectivity index (χ3v) is 3.37. The van der Waals surface area contributed by atoms with Gasteiger partial charge in [0.05, 0.1) is 11.0 Å². The summed E-state index contributed by atoms with van der Waals surface area (Å²) in [5.74, 6) is 0.0743. The van der Waals surface area contributed by atoms with Crippen LogP contribution in [0.5, 0.6) is 5.88 Å². The maximum absolute atomic E-state index is 11.8. The highest BCUT2D eigenvalue weighted by Gasteiger charge is 2.21. The second-order valence-corrected chi connectivity index (χ2v) is 7.92. The number of carbonyl (C=O) groups excluding carboxylic acids is 2. The minimum Gasteiger partial charge on any atom is -0.475 e. The second kappa shape index (κ2) is 8.43. The van der Waals surface area contributed by atoms with E-state index in [2.05, 4.69) is 36.9 Å². The molecule has 3 N–H and O–H groups in total. The van der Waals surface area contributed by atoms with Gasteiger partial charge in [-0.05, 0) is 62.7 Å². The van der Waals surface area contributed by atoms with Gasteiger partial charge in [-0.15, -0.1) is 0 Å². The van der Waals surface area contributed by atoms with E-state index in [1.165, 1.54) is 0 Å². The molecule has 0 aliphatic heterocycles. The Balaban J connectivity index is 2.40. The summed E-state index contributed by atoms with van der Waals surface area (Å²) >= 11 is 3.36. The van der Waals surface area contributed by atoms with Crippen LogP contribution in [-0.2, 0) is 4.79 Å². The van der Waals surface area contributed by atoms with E-state index in [9.17, 15) is 9.59 Å². The van der Waals surface area contributed by atoms with Gasteiger partial charge in [0, 0.05) is 17.3 Å². The number of halogens is 1. The van der Waals surface area contributed by atoms with Crippen molar-refractivity contribution >= 4 is 27.9 Å². The molecule has 1 heterocycles. The van der Waals surface area contributed by atoms with Gasteiger partial charge < -0.3 is 15.4 Å². The first-order chi connectivity index (χ1) is 11.0. The molecule has 0 aromatic carbocycles. The van der Waals surface area contributed by atoms with E-state index < -0.39 is 23.0 Å². The summed E-state index contributed by atoms with van der Waals surface area (Å²) in [5, 5.41) is 8.00. The largest absolute Gasteiger partial charge is 0.475 e. The predicted octanol–water partition coefficient (Wildman–Crippen LogP) is 2.22. The smallest absolute Gasteiger partial charge is 0.321 e. The van der Waals surface area contributed by atoms with Gasteiger partial charge in [0.25, 0.3) is 0 Å². The zero-order valence-electron chi connectivity index (χ0n) is 14.7. The minimum atomic E-state index is -0.513. The molecule has 0 spiro atoms. The number of rotatable bonds is 6. The van der Waals surface area contributed by atoms with Crippen molar-refractivity contribution < 1.29 is 14.3 Å². The maximum atomic E-state index is 11.8. The quantitative estimate of drug-likeness (QED) is 0.680. The molecule has 3 amide bonds. The van der Waals surface area contributed by atoms with Crippen LogP contribution in [0, 0.1) is 0 Å². The third-order valence-electron chi connectivity index (χ3n) is 2.76. The molecule has 0 saturated carbocycles. The van der Waals surface area contributed by atoms with Crippen molar-refractivity contribution in [3.05, 3.63) is 22.8 Å². The molecule has 0 bridgehead atoms. The van der Waals surface area contributed by atoms with Crippen molar-refractivity contribution in [3.8, 4) is 5.88 Å². The van der Waals surface area contributed by atoms with Crippen LogP contribution in [0.15, 0.2) is 22.8 Å². The molecule has 24 heavy (non-hydrogen) atoms. The molecule has 0 aliphatic carbocycles. The summed E-state index contributed by atoms with van der Waals surface area (Å²) in [4.78, 5) is 27.6. The first-order valence-corrected chi connectivity index (χ1v) is 8.38. The van der Waals surface area contributed by atoms with Crippen LogP contribution in [-0.4, -0.2) is 41.2 Å². The van der Waals surface area contributed by atoms with Crippen molar-refractivity contribution in [1.82, 2.24) is 20.9 Å². The molecule has 1 aromatic heterocycles. The van der Waals surface area contributed by atoms with Crippen LogP contribution in [0.1, 0.15) is 34.6 Å². The average molecular weight is 401 g/mol. The number of nitrogens with one attached hydrogen (secondary N) is 3. The van der Waals surface area contributed by atoms with Crippen LogP contribution < -0.4 is 20.7 Å². The molecule has 0 aliphatic rings. The minimum absolute atomic E-state index is 0.00267. The zero-order chi connectivity index (χ0) is 18.4. The van der Waals surface area contributed by atoms with Gasteiger partial charge in [0.15, 0.2) is 0 Å². The van der Waals surface area contributed by atoms with Crippen LogP contribution >= 0.6 is 15.9 Å². The van der Waals surface area contributed by atoms with Crippen molar-refractivity contribution in [2.45, 2.75) is 45.7 Å². The lowest BCUT2D eigenvalue weighted by atomic mass is 10.1. The monoisotopic (exact) mass is 400 g/mol. The summed E-state index contributed by atoms with van der Waals surface area (Å²) in [5.41, 5.74) is -0.879. The van der Waals surface area contributed by atoms with E-state index in [1.54, 1.807) is 12.3 Å². The van der Waals surface area contributed by atoms with Crippen LogP contribution in [0.2, 0.25) is 0 Å². The number of hydrogen-bond donors (Lipinski definition) is 3. The molecule has 0 atom stereocenters. The first kappa shape index (κ1) is 20.4. The molecule has 1 rings (SSSR count). The highest BCUT2D eigenvalue weighted by Crippen LogP contribution is 2.21. The maximum Gasteiger partial charge on any atom is 0.321 e. The molecule has 0 fully saturated rings. The number of aromatic nitrogens is 1. The van der Waals surface area contributed by atoms with Crippen LogP contribution in [0.3, 0.4) is 0 Å². The topological polar surface area (TPSA) is 92.4 Å². The molecular weight excluding hydrogens is 376 g/mol. The fourth-order valence-corrected chi connectivity index (χ4v) is 2.01. The summed E-state index contributed by atoms with van der Waals surface area (Å²) in [7, 11) is 0. The Hall–Kier alpha value is -1.67. The number of amides is 3. The predicted molar refractivity (Wildman–Crippen MR) is 95.9 cm³/mol. The zero-order valence-corrected chi connectivity index (χ0v) is 16.3. The highest BCUT2D eigenvalue weighted by molar-refractivity contribution is 9.10. The van der Waals surface area contributed by atoms with Crippen molar-refractivity contribution in [2.75, 3.05) is 13.2 Å². The summed E-state index contributed by atoms with van der Waals surface area (Å²) in [6.45, 7) is 9.61. The summed E-state index contributed by atoms with van der Waals surface area (Å²) < 4.78 is 6.41. The van der Waals surface area contributed by atoms with E-state index in [0.29, 0.717) is 12.5 Å². The summed E-state index contributed by atoms with van der Waals surface area (Å²) in [6, 6.07) is 3.12. The molecule has 1 aromatic rings. The van der Waals surface area contributed by atoms with Gasteiger partial charge in [-0.1, -0.05) is 0 Å². The Morgan fingerprint density at radius 2 is 1.92 bits per heavy atom. The normalized spacial score (nSPS) is 11.8. The number of imide groups is 1. The first-order valence-electron chi connectivity index (χ1n) is 7.59. The molecule has 0 unspecified atom stereocenters. The standard InChI is InChI=1S/C16H25BrN4O3/c1-15(2,3)21-14(23)20-12(22)9-19-16(4,5)10-24-13-11(17)7-6-8-18-13/h6-8,19H,9-10H2,1-5H3,(H2,20,21,22,23). The summed E-state index contributed by atoms with van der Waals surface area (Å²) in [6.07, 6.45) is 1.64. The lowest BCUT2D eigenvalue weighted by Crippen LogP contribution is -2.53. The number of ether oxygens (including phenoxy) is 1. The lowest BCUT2D eigenvalue weighted by Gasteiger charge is -2.26. The van der Waals surface area contributed by atoms with Gasteiger partial charge in [0.1, 0.15) is 6.61 Å².